The van der Waals surface area contributed by atoms with Crippen molar-refractivity contribution >= 4 is 17.4 Å². The zero-order valence-corrected chi connectivity index (χ0v) is 6.36. The van der Waals surface area contributed by atoms with E-state index in [9.17, 15) is 0 Å². The third kappa shape index (κ3) is 1.36. The first kappa shape index (κ1) is 6.87. The average Bonchev–Trinajstić information content (AvgIpc) is 2.33. The summed E-state index contributed by atoms with van der Waals surface area (Å²) in [5.41, 5.74) is 0. The van der Waals surface area contributed by atoms with Crippen molar-refractivity contribution < 1.29 is 0 Å². The van der Waals surface area contributed by atoms with Gasteiger partial charge in [0.1, 0.15) is 5.84 Å². The molecule has 0 amide bonds. The van der Waals surface area contributed by atoms with Crippen molar-refractivity contribution in [1.82, 2.24) is 4.90 Å². The third-order valence-electron chi connectivity index (χ3n) is 1.53. The molecule has 0 saturated carbocycles. The van der Waals surface area contributed by atoms with E-state index in [1.54, 1.807) is 0 Å². The molecular weight excluding hydrogens is 136 g/mol. The van der Waals surface area contributed by atoms with Crippen molar-refractivity contribution in [2.24, 2.45) is 4.99 Å². The Labute approximate surface area is 60.5 Å². The molecule has 0 spiro atoms. The Bertz CT molecular complexity index is 122. The number of amidine groups is 1. The van der Waals surface area contributed by atoms with Gasteiger partial charge < -0.3 is 4.90 Å². The van der Waals surface area contributed by atoms with Gasteiger partial charge >= 0.3 is 0 Å². The van der Waals surface area contributed by atoms with Crippen molar-refractivity contribution in [2.75, 3.05) is 25.5 Å². The first-order valence-electron chi connectivity index (χ1n) is 3.22. The van der Waals surface area contributed by atoms with Crippen molar-refractivity contribution in [2.45, 2.75) is 6.92 Å². The fraction of sp³-hybridized carbons (Fsp3) is 0.833. The number of hydrogen-bond acceptors (Lipinski definition) is 2. The van der Waals surface area contributed by atoms with E-state index in [-0.39, 0.29) is 0 Å². The molecule has 3 heteroatoms. The second-order valence-electron chi connectivity index (χ2n) is 2.01. The second-order valence-corrected chi connectivity index (χ2v) is 2.28. The maximum Gasteiger partial charge on any atom is 0.114 e. The molecule has 0 radical (unpaired) electrons. The summed E-state index contributed by atoms with van der Waals surface area (Å²) in [4.78, 5) is 6.42. The van der Waals surface area contributed by atoms with Gasteiger partial charge in [-0.1, -0.05) is 0 Å². The zero-order valence-electron chi connectivity index (χ0n) is 5.60. The Morgan fingerprint density at radius 3 is 3.00 bits per heavy atom. The smallest absolute Gasteiger partial charge is 0.114 e. The van der Waals surface area contributed by atoms with Crippen LogP contribution in [0, 0.1) is 0 Å². The number of rotatable bonds is 2. The van der Waals surface area contributed by atoms with Gasteiger partial charge in [0.15, 0.2) is 0 Å². The summed E-state index contributed by atoms with van der Waals surface area (Å²) < 4.78 is 0. The van der Waals surface area contributed by atoms with Crippen LogP contribution >= 0.6 is 11.6 Å². The Kier molecular flexibility index (Phi) is 2.34. The summed E-state index contributed by atoms with van der Waals surface area (Å²) in [6, 6.07) is 0. The Morgan fingerprint density at radius 1 is 1.78 bits per heavy atom. The molecule has 0 aromatic heterocycles. The van der Waals surface area contributed by atoms with Crippen LogP contribution < -0.4 is 0 Å². The lowest BCUT2D eigenvalue weighted by Gasteiger charge is -2.15. The van der Waals surface area contributed by atoms with Gasteiger partial charge in [-0.25, -0.2) is 0 Å². The maximum atomic E-state index is 5.61. The van der Waals surface area contributed by atoms with E-state index >= 15 is 0 Å². The van der Waals surface area contributed by atoms with Gasteiger partial charge in [0, 0.05) is 13.1 Å². The van der Waals surface area contributed by atoms with Crippen LogP contribution in [0.4, 0.5) is 0 Å². The topological polar surface area (TPSA) is 15.6 Å². The fourth-order valence-electron chi connectivity index (χ4n) is 0.996. The highest BCUT2D eigenvalue weighted by Crippen LogP contribution is 2.01. The molecule has 1 heterocycles. The monoisotopic (exact) mass is 146 g/mol. The molecular formula is C6H11ClN2. The van der Waals surface area contributed by atoms with Gasteiger partial charge in [0.05, 0.1) is 12.4 Å². The molecule has 0 aromatic rings. The SMILES string of the molecule is CCN1CCN=C1CCl. The summed E-state index contributed by atoms with van der Waals surface area (Å²) in [5.74, 6) is 1.62. The molecule has 0 N–H and O–H groups in total. The Balaban J connectivity index is 2.47. The van der Waals surface area contributed by atoms with Crippen LogP contribution in [0.15, 0.2) is 4.99 Å². The second kappa shape index (κ2) is 3.06. The largest absolute Gasteiger partial charge is 0.358 e. The van der Waals surface area contributed by atoms with E-state index in [1.165, 1.54) is 0 Å². The zero-order chi connectivity index (χ0) is 6.69. The van der Waals surface area contributed by atoms with Gasteiger partial charge in [-0.3, -0.25) is 4.99 Å². The summed E-state index contributed by atoms with van der Waals surface area (Å²) in [5, 5.41) is 0. The van der Waals surface area contributed by atoms with Crippen LogP contribution in [0.2, 0.25) is 0 Å². The summed E-state index contributed by atoms with van der Waals surface area (Å²) in [7, 11) is 0. The Morgan fingerprint density at radius 2 is 2.56 bits per heavy atom. The normalized spacial score (nSPS) is 18.4. The van der Waals surface area contributed by atoms with Gasteiger partial charge in [-0.05, 0) is 6.92 Å². The highest BCUT2D eigenvalue weighted by atomic mass is 35.5. The molecule has 0 atom stereocenters. The molecule has 2 nitrogen and oxygen atoms in total. The van der Waals surface area contributed by atoms with Crippen molar-refractivity contribution in [3.05, 3.63) is 0 Å². The molecule has 0 bridgehead atoms. The van der Waals surface area contributed by atoms with E-state index in [4.69, 9.17) is 11.6 Å². The fourth-order valence-corrected chi connectivity index (χ4v) is 1.25. The molecule has 9 heavy (non-hydrogen) atoms. The van der Waals surface area contributed by atoms with E-state index in [1.807, 2.05) is 0 Å². The van der Waals surface area contributed by atoms with E-state index in [0.717, 1.165) is 25.5 Å². The third-order valence-corrected chi connectivity index (χ3v) is 1.77. The number of alkyl halides is 1. The molecule has 1 aliphatic heterocycles. The predicted molar refractivity (Wildman–Crippen MR) is 40.3 cm³/mol. The number of halogens is 1. The van der Waals surface area contributed by atoms with E-state index in [0.29, 0.717) is 5.88 Å². The van der Waals surface area contributed by atoms with Crippen LogP contribution in [-0.2, 0) is 0 Å². The number of likely N-dealkylation sites (N-methyl/N-ethyl adjacent to an activating group) is 1. The minimum atomic E-state index is 0.563. The van der Waals surface area contributed by atoms with Crippen molar-refractivity contribution in [3.8, 4) is 0 Å². The van der Waals surface area contributed by atoms with Crippen LogP contribution in [0.1, 0.15) is 6.92 Å². The van der Waals surface area contributed by atoms with Gasteiger partial charge in [-0.15, -0.1) is 11.6 Å². The molecule has 0 unspecified atom stereocenters. The molecule has 0 aromatic carbocycles. The molecule has 1 rings (SSSR count). The lowest BCUT2D eigenvalue weighted by Crippen LogP contribution is -2.28. The predicted octanol–water partition coefficient (Wildman–Crippen LogP) is 0.959. The first-order valence-corrected chi connectivity index (χ1v) is 3.76. The highest BCUT2D eigenvalue weighted by molar-refractivity contribution is 6.28. The maximum absolute atomic E-state index is 5.61. The summed E-state index contributed by atoms with van der Waals surface area (Å²) >= 11 is 5.61. The van der Waals surface area contributed by atoms with Crippen LogP contribution in [-0.4, -0.2) is 36.2 Å². The van der Waals surface area contributed by atoms with Crippen LogP contribution in [0.25, 0.3) is 0 Å². The average molecular weight is 147 g/mol. The van der Waals surface area contributed by atoms with Crippen molar-refractivity contribution in [3.63, 3.8) is 0 Å². The quantitative estimate of drug-likeness (QED) is 0.530. The standard InChI is InChI=1S/C6H11ClN2/c1-2-9-4-3-8-6(9)5-7/h2-5H2,1H3. The van der Waals surface area contributed by atoms with Crippen molar-refractivity contribution in [1.29, 1.82) is 0 Å². The van der Waals surface area contributed by atoms with Gasteiger partial charge in [0.2, 0.25) is 0 Å². The van der Waals surface area contributed by atoms with E-state index < -0.39 is 0 Å². The first-order chi connectivity index (χ1) is 4.38. The Hall–Kier alpha value is -0.240. The summed E-state index contributed by atoms with van der Waals surface area (Å²) in [6.07, 6.45) is 0. The van der Waals surface area contributed by atoms with Gasteiger partial charge in [-0.2, -0.15) is 0 Å². The lowest BCUT2D eigenvalue weighted by molar-refractivity contribution is 0.481. The number of aliphatic imine (C=N–C) groups is 1. The molecule has 52 valence electrons. The van der Waals surface area contributed by atoms with Crippen LogP contribution in [0.5, 0.6) is 0 Å². The lowest BCUT2D eigenvalue weighted by atomic mass is 10.5. The minimum Gasteiger partial charge on any atom is -0.358 e. The molecule has 0 aliphatic carbocycles. The van der Waals surface area contributed by atoms with E-state index in [2.05, 4.69) is 16.8 Å². The minimum absolute atomic E-state index is 0.563. The van der Waals surface area contributed by atoms with Gasteiger partial charge in [0.25, 0.3) is 0 Å². The summed E-state index contributed by atoms with van der Waals surface area (Å²) in [6.45, 7) is 5.13. The number of nitrogens with zero attached hydrogens (tertiary/aromatic N) is 2. The molecule has 0 saturated heterocycles. The number of hydrogen-bond donors (Lipinski definition) is 0. The molecule has 1 aliphatic rings. The molecule has 0 fully saturated rings. The van der Waals surface area contributed by atoms with Crippen LogP contribution in [0.3, 0.4) is 0 Å². The highest BCUT2D eigenvalue weighted by Gasteiger charge is 2.12.